The summed E-state index contributed by atoms with van der Waals surface area (Å²) >= 11 is 0. The topological polar surface area (TPSA) is 40.5 Å². The molecule has 0 saturated carbocycles. The van der Waals surface area contributed by atoms with Crippen molar-refractivity contribution in [3.05, 3.63) is 47.5 Å². The predicted octanol–water partition coefficient (Wildman–Crippen LogP) is 3.89. The van der Waals surface area contributed by atoms with E-state index in [1.165, 1.54) is 17.7 Å². The average Bonchev–Trinajstić information content (AvgIpc) is 2.41. The Morgan fingerprint density at radius 3 is 1.94 bits per heavy atom. The van der Waals surface area contributed by atoms with Crippen molar-refractivity contribution in [2.75, 3.05) is 0 Å². The molecule has 0 amide bonds. The molecule has 0 aromatic heterocycles. The van der Waals surface area contributed by atoms with Crippen LogP contribution in [0, 0.1) is 0 Å². The lowest BCUT2D eigenvalue weighted by Crippen LogP contribution is -1.90. The maximum absolute atomic E-state index is 10.0. The van der Waals surface area contributed by atoms with E-state index in [9.17, 15) is 10.2 Å². The Bertz CT molecular complexity index is 542. The molecular formula is C16H18O2. The van der Waals surface area contributed by atoms with Crippen LogP contribution in [0.25, 0.3) is 11.1 Å². The summed E-state index contributed by atoms with van der Waals surface area (Å²) in [7, 11) is 0. The maximum Gasteiger partial charge on any atom is 0.123 e. The van der Waals surface area contributed by atoms with Crippen molar-refractivity contribution in [2.24, 2.45) is 0 Å². The third-order valence-corrected chi connectivity index (χ3v) is 3.27. The monoisotopic (exact) mass is 242 g/mol. The number of rotatable bonds is 3. The van der Waals surface area contributed by atoms with E-state index in [4.69, 9.17) is 0 Å². The average molecular weight is 242 g/mol. The Labute approximate surface area is 108 Å². The van der Waals surface area contributed by atoms with E-state index in [0.717, 1.165) is 23.1 Å². The lowest BCUT2D eigenvalue weighted by molar-refractivity contribution is 0.456. The molecule has 0 aliphatic rings. The second-order valence-electron chi connectivity index (χ2n) is 4.36. The number of aromatic hydroxyl groups is 2. The van der Waals surface area contributed by atoms with Gasteiger partial charge in [-0.1, -0.05) is 38.1 Å². The first-order valence-electron chi connectivity index (χ1n) is 6.30. The molecule has 2 nitrogen and oxygen atoms in total. The molecule has 0 radical (unpaired) electrons. The summed E-state index contributed by atoms with van der Waals surface area (Å²) in [6, 6.07) is 11.2. The molecule has 0 heterocycles. The highest BCUT2D eigenvalue weighted by Gasteiger charge is 2.13. The minimum Gasteiger partial charge on any atom is -0.508 e. The van der Waals surface area contributed by atoms with Crippen molar-refractivity contribution in [1.82, 2.24) is 0 Å². The Kier molecular flexibility index (Phi) is 3.56. The van der Waals surface area contributed by atoms with Crippen molar-refractivity contribution in [1.29, 1.82) is 0 Å². The summed E-state index contributed by atoms with van der Waals surface area (Å²) in [6.45, 7) is 4.08. The van der Waals surface area contributed by atoms with E-state index in [1.54, 1.807) is 0 Å². The Balaban J connectivity index is 2.58. The normalized spacial score (nSPS) is 10.6. The largest absolute Gasteiger partial charge is 0.508 e. The van der Waals surface area contributed by atoms with Gasteiger partial charge in [0.1, 0.15) is 11.5 Å². The van der Waals surface area contributed by atoms with Gasteiger partial charge in [0.25, 0.3) is 0 Å². The molecule has 0 unspecified atom stereocenters. The van der Waals surface area contributed by atoms with Crippen LogP contribution in [0.2, 0.25) is 0 Å². The minimum absolute atomic E-state index is 0.217. The lowest BCUT2D eigenvalue weighted by atomic mass is 9.95. The molecule has 0 saturated heterocycles. The van der Waals surface area contributed by atoms with E-state index in [0.29, 0.717) is 6.42 Å². The molecule has 0 atom stereocenters. The molecule has 0 aliphatic carbocycles. The summed E-state index contributed by atoms with van der Waals surface area (Å²) in [4.78, 5) is 0. The number of hydrogen-bond acceptors (Lipinski definition) is 2. The quantitative estimate of drug-likeness (QED) is 0.802. The minimum atomic E-state index is 0.217. The lowest BCUT2D eigenvalue weighted by Gasteiger charge is -2.12. The first-order valence-corrected chi connectivity index (χ1v) is 6.30. The van der Waals surface area contributed by atoms with Gasteiger partial charge in [-0.05, 0) is 36.1 Å². The molecule has 2 N–H and O–H groups in total. The van der Waals surface area contributed by atoms with Gasteiger partial charge in [-0.2, -0.15) is 0 Å². The number of phenolic OH excluding ortho intramolecular Hbond substituents is 2. The van der Waals surface area contributed by atoms with Gasteiger partial charge in [0, 0.05) is 11.1 Å². The van der Waals surface area contributed by atoms with Crippen molar-refractivity contribution < 1.29 is 10.2 Å². The number of aryl methyl sites for hydroxylation is 1. The summed E-state index contributed by atoms with van der Waals surface area (Å²) in [5.74, 6) is 0.457. The molecule has 94 valence electrons. The molecular weight excluding hydrogens is 224 g/mol. The van der Waals surface area contributed by atoms with Gasteiger partial charge in [0.15, 0.2) is 0 Å². The highest BCUT2D eigenvalue weighted by Crippen LogP contribution is 2.37. The second-order valence-corrected chi connectivity index (χ2v) is 4.36. The van der Waals surface area contributed by atoms with E-state index >= 15 is 0 Å². The third kappa shape index (κ3) is 2.19. The van der Waals surface area contributed by atoms with Crippen LogP contribution in [0.4, 0.5) is 0 Å². The fourth-order valence-corrected chi connectivity index (χ4v) is 2.21. The maximum atomic E-state index is 10.0. The zero-order valence-corrected chi connectivity index (χ0v) is 10.8. The van der Waals surface area contributed by atoms with Crippen LogP contribution in [0.15, 0.2) is 36.4 Å². The smallest absolute Gasteiger partial charge is 0.123 e. The summed E-state index contributed by atoms with van der Waals surface area (Å²) in [5, 5.41) is 19.9. The van der Waals surface area contributed by atoms with Crippen LogP contribution in [0.1, 0.15) is 25.0 Å². The summed E-state index contributed by atoms with van der Waals surface area (Å²) < 4.78 is 0. The van der Waals surface area contributed by atoms with Gasteiger partial charge in [-0.25, -0.2) is 0 Å². The third-order valence-electron chi connectivity index (χ3n) is 3.27. The standard InChI is InChI=1S/C16H18O2/c1-3-11-5-7-12(8-6-11)16-13(4-2)14(17)9-10-15(16)18/h5-10,17-18H,3-4H2,1-2H3. The Morgan fingerprint density at radius 2 is 1.39 bits per heavy atom. The van der Waals surface area contributed by atoms with Crippen LogP contribution in [-0.2, 0) is 12.8 Å². The molecule has 18 heavy (non-hydrogen) atoms. The van der Waals surface area contributed by atoms with Crippen LogP contribution >= 0.6 is 0 Å². The van der Waals surface area contributed by atoms with Gasteiger partial charge >= 0.3 is 0 Å². The van der Waals surface area contributed by atoms with Gasteiger partial charge < -0.3 is 10.2 Å². The second kappa shape index (κ2) is 5.13. The Morgan fingerprint density at radius 1 is 0.778 bits per heavy atom. The van der Waals surface area contributed by atoms with Crippen molar-refractivity contribution in [3.8, 4) is 22.6 Å². The first kappa shape index (κ1) is 12.5. The highest BCUT2D eigenvalue weighted by atomic mass is 16.3. The zero-order chi connectivity index (χ0) is 13.1. The molecule has 0 spiro atoms. The zero-order valence-electron chi connectivity index (χ0n) is 10.8. The predicted molar refractivity (Wildman–Crippen MR) is 74.0 cm³/mol. The highest BCUT2D eigenvalue weighted by molar-refractivity contribution is 5.76. The molecule has 2 aromatic carbocycles. The van der Waals surface area contributed by atoms with Crippen molar-refractivity contribution in [3.63, 3.8) is 0 Å². The van der Waals surface area contributed by atoms with E-state index in [1.807, 2.05) is 19.1 Å². The Hall–Kier alpha value is -1.96. The fourth-order valence-electron chi connectivity index (χ4n) is 2.21. The first-order chi connectivity index (χ1) is 8.67. The number of phenols is 2. The number of benzene rings is 2. The summed E-state index contributed by atoms with van der Waals surface area (Å²) in [6.07, 6.45) is 1.68. The van der Waals surface area contributed by atoms with Crippen LogP contribution < -0.4 is 0 Å². The van der Waals surface area contributed by atoms with Gasteiger partial charge in [-0.3, -0.25) is 0 Å². The van der Waals surface area contributed by atoms with Gasteiger partial charge in [-0.15, -0.1) is 0 Å². The summed E-state index contributed by atoms with van der Waals surface area (Å²) in [5.41, 5.74) is 3.73. The van der Waals surface area contributed by atoms with Gasteiger partial charge in [0.2, 0.25) is 0 Å². The van der Waals surface area contributed by atoms with Crippen molar-refractivity contribution in [2.45, 2.75) is 26.7 Å². The fraction of sp³-hybridized carbons (Fsp3) is 0.250. The molecule has 2 aromatic rings. The van der Waals surface area contributed by atoms with Crippen LogP contribution in [-0.4, -0.2) is 10.2 Å². The molecule has 0 aliphatic heterocycles. The van der Waals surface area contributed by atoms with Crippen molar-refractivity contribution >= 4 is 0 Å². The SMILES string of the molecule is CCc1ccc(-c2c(O)ccc(O)c2CC)cc1. The molecule has 0 fully saturated rings. The van der Waals surface area contributed by atoms with Crippen LogP contribution in [0.5, 0.6) is 11.5 Å². The van der Waals surface area contributed by atoms with Gasteiger partial charge in [0.05, 0.1) is 0 Å². The number of hydrogen-bond donors (Lipinski definition) is 2. The van der Waals surface area contributed by atoms with E-state index in [2.05, 4.69) is 19.1 Å². The molecule has 2 heteroatoms. The molecule has 0 bridgehead atoms. The molecule has 2 rings (SSSR count). The van der Waals surface area contributed by atoms with Crippen LogP contribution in [0.3, 0.4) is 0 Å². The van der Waals surface area contributed by atoms with E-state index in [-0.39, 0.29) is 11.5 Å². The van der Waals surface area contributed by atoms with E-state index < -0.39 is 0 Å².